The molecule has 2 aliphatic rings. The maximum absolute atomic E-state index is 14.0. The molecule has 0 heterocycles. The maximum atomic E-state index is 14.0. The van der Waals surface area contributed by atoms with Crippen LogP contribution in [-0.4, -0.2) is 6.61 Å². The van der Waals surface area contributed by atoms with Gasteiger partial charge in [0.1, 0.15) is 0 Å². The highest BCUT2D eigenvalue weighted by Crippen LogP contribution is 2.49. The molecule has 0 aromatic heterocycles. The van der Waals surface area contributed by atoms with Gasteiger partial charge in [-0.3, -0.25) is 0 Å². The summed E-state index contributed by atoms with van der Waals surface area (Å²) >= 11 is 0. The third-order valence-electron chi connectivity index (χ3n) is 5.93. The molecule has 1 nitrogen and oxygen atoms in total. The SMILES string of the molecule is C=CCC1CCC2CC(c3cc(F)c(OC(F)F)c(F)c3)CC2CC1. The van der Waals surface area contributed by atoms with E-state index >= 15 is 0 Å². The molecule has 2 unspecified atom stereocenters. The second-order valence-electron chi connectivity index (χ2n) is 7.43. The van der Waals surface area contributed by atoms with Crippen molar-refractivity contribution in [1.82, 2.24) is 0 Å². The van der Waals surface area contributed by atoms with E-state index in [1.54, 1.807) is 0 Å². The molecule has 0 amide bonds. The molecular formula is C20H24F4O. The Morgan fingerprint density at radius 1 is 1.04 bits per heavy atom. The van der Waals surface area contributed by atoms with Crippen LogP contribution in [0.4, 0.5) is 17.6 Å². The first-order valence-corrected chi connectivity index (χ1v) is 9.02. The summed E-state index contributed by atoms with van der Waals surface area (Å²) in [7, 11) is 0. The predicted molar refractivity (Wildman–Crippen MR) is 88.7 cm³/mol. The van der Waals surface area contributed by atoms with Gasteiger partial charge in [-0.15, -0.1) is 6.58 Å². The quantitative estimate of drug-likeness (QED) is 0.435. The zero-order valence-corrected chi connectivity index (χ0v) is 14.2. The number of ether oxygens (including phenoxy) is 1. The second-order valence-corrected chi connectivity index (χ2v) is 7.43. The minimum absolute atomic E-state index is 0.0931. The number of fused-ring (bicyclic) bond motifs is 1. The van der Waals surface area contributed by atoms with Crippen molar-refractivity contribution in [3.8, 4) is 5.75 Å². The van der Waals surface area contributed by atoms with Gasteiger partial charge in [-0.05, 0) is 86.3 Å². The first-order valence-electron chi connectivity index (χ1n) is 9.02. The number of benzene rings is 1. The van der Waals surface area contributed by atoms with Crippen molar-refractivity contribution in [3.63, 3.8) is 0 Å². The van der Waals surface area contributed by atoms with Gasteiger partial charge >= 0.3 is 6.61 Å². The predicted octanol–water partition coefficient (Wildman–Crippen LogP) is 6.44. The number of rotatable bonds is 5. The van der Waals surface area contributed by atoms with Crippen molar-refractivity contribution in [2.24, 2.45) is 17.8 Å². The summed E-state index contributed by atoms with van der Waals surface area (Å²) in [6.45, 7) is 0.583. The molecule has 1 aromatic carbocycles. The van der Waals surface area contributed by atoms with Crippen LogP contribution >= 0.6 is 0 Å². The topological polar surface area (TPSA) is 9.23 Å². The molecule has 2 saturated carbocycles. The Morgan fingerprint density at radius 3 is 2.08 bits per heavy atom. The lowest BCUT2D eigenvalue weighted by atomic mass is 9.91. The van der Waals surface area contributed by atoms with Crippen LogP contribution in [0.1, 0.15) is 56.4 Å². The summed E-state index contributed by atoms with van der Waals surface area (Å²) in [5.41, 5.74) is 0.562. The molecule has 5 heteroatoms. The van der Waals surface area contributed by atoms with Crippen LogP contribution in [0.5, 0.6) is 5.75 Å². The molecule has 138 valence electrons. The van der Waals surface area contributed by atoms with Gasteiger partial charge in [-0.1, -0.05) is 6.08 Å². The van der Waals surface area contributed by atoms with E-state index in [0.29, 0.717) is 23.3 Å². The average molecular weight is 356 g/mol. The fourth-order valence-corrected chi connectivity index (χ4v) is 4.72. The summed E-state index contributed by atoms with van der Waals surface area (Å²) in [5, 5.41) is 0. The molecule has 0 spiro atoms. The normalized spacial score (nSPS) is 29.3. The zero-order valence-electron chi connectivity index (χ0n) is 14.2. The van der Waals surface area contributed by atoms with Crippen LogP contribution < -0.4 is 4.74 Å². The Morgan fingerprint density at radius 2 is 1.60 bits per heavy atom. The third-order valence-corrected chi connectivity index (χ3v) is 5.93. The Bertz CT molecular complexity index is 577. The fourth-order valence-electron chi connectivity index (χ4n) is 4.72. The summed E-state index contributed by atoms with van der Waals surface area (Å²) in [6, 6.07) is 2.33. The van der Waals surface area contributed by atoms with E-state index in [0.717, 1.165) is 44.2 Å². The molecule has 2 fully saturated rings. The lowest BCUT2D eigenvalue weighted by Gasteiger charge is -2.16. The van der Waals surface area contributed by atoms with Crippen LogP contribution in [0.2, 0.25) is 0 Å². The van der Waals surface area contributed by atoms with Crippen molar-refractivity contribution in [1.29, 1.82) is 0 Å². The maximum Gasteiger partial charge on any atom is 0.387 e. The van der Waals surface area contributed by atoms with Crippen LogP contribution in [0.15, 0.2) is 24.8 Å². The molecule has 1 aromatic rings. The summed E-state index contributed by atoms with van der Waals surface area (Å²) in [4.78, 5) is 0. The van der Waals surface area contributed by atoms with Crippen molar-refractivity contribution < 1.29 is 22.3 Å². The van der Waals surface area contributed by atoms with Crippen molar-refractivity contribution in [2.45, 2.75) is 57.5 Å². The van der Waals surface area contributed by atoms with E-state index in [9.17, 15) is 17.6 Å². The lowest BCUT2D eigenvalue weighted by molar-refractivity contribution is -0.0546. The van der Waals surface area contributed by atoms with E-state index in [1.807, 2.05) is 6.08 Å². The van der Waals surface area contributed by atoms with Gasteiger partial charge in [-0.25, -0.2) is 8.78 Å². The smallest absolute Gasteiger partial charge is 0.387 e. The first-order chi connectivity index (χ1) is 12.0. The summed E-state index contributed by atoms with van der Waals surface area (Å²) in [5.74, 6) is -1.11. The van der Waals surface area contributed by atoms with Crippen molar-refractivity contribution in [3.05, 3.63) is 42.0 Å². The van der Waals surface area contributed by atoms with Crippen LogP contribution in [0, 0.1) is 29.4 Å². The fraction of sp³-hybridized carbons (Fsp3) is 0.600. The molecule has 0 N–H and O–H groups in total. The van der Waals surface area contributed by atoms with Crippen LogP contribution in [-0.2, 0) is 0 Å². The highest BCUT2D eigenvalue weighted by molar-refractivity contribution is 5.33. The third kappa shape index (κ3) is 4.18. The van der Waals surface area contributed by atoms with Gasteiger partial charge in [0.15, 0.2) is 17.4 Å². The molecule has 0 aliphatic heterocycles. The molecule has 2 aliphatic carbocycles. The summed E-state index contributed by atoms with van der Waals surface area (Å²) in [6.07, 6.45) is 9.55. The zero-order chi connectivity index (χ0) is 18.0. The second kappa shape index (κ2) is 7.79. The minimum Gasteiger partial charge on any atom is -0.429 e. The Hall–Kier alpha value is -1.52. The summed E-state index contributed by atoms with van der Waals surface area (Å²) < 4.78 is 56.4. The average Bonchev–Trinajstić information content (AvgIpc) is 2.87. The van der Waals surface area contributed by atoms with Gasteiger partial charge in [0.2, 0.25) is 0 Å². The van der Waals surface area contributed by atoms with Gasteiger partial charge in [0, 0.05) is 0 Å². The number of halogens is 4. The Labute approximate surface area is 146 Å². The lowest BCUT2D eigenvalue weighted by Crippen LogP contribution is -2.07. The van der Waals surface area contributed by atoms with Crippen LogP contribution in [0.3, 0.4) is 0 Å². The van der Waals surface area contributed by atoms with E-state index in [1.165, 1.54) is 12.8 Å². The molecule has 0 radical (unpaired) electrons. The van der Waals surface area contributed by atoms with Crippen molar-refractivity contribution in [2.75, 3.05) is 0 Å². The molecule has 0 bridgehead atoms. The molecule has 3 rings (SSSR count). The number of hydrogen-bond acceptors (Lipinski definition) is 1. The van der Waals surface area contributed by atoms with Gasteiger partial charge in [0.25, 0.3) is 0 Å². The minimum atomic E-state index is -3.24. The Kier molecular flexibility index (Phi) is 5.70. The highest BCUT2D eigenvalue weighted by Gasteiger charge is 2.37. The van der Waals surface area contributed by atoms with E-state index in [-0.39, 0.29) is 5.92 Å². The number of allylic oxidation sites excluding steroid dienone is 1. The largest absolute Gasteiger partial charge is 0.429 e. The van der Waals surface area contributed by atoms with Gasteiger partial charge in [0.05, 0.1) is 0 Å². The number of alkyl halides is 2. The van der Waals surface area contributed by atoms with E-state index < -0.39 is 24.0 Å². The number of hydrogen-bond donors (Lipinski definition) is 0. The van der Waals surface area contributed by atoms with E-state index in [2.05, 4.69) is 11.3 Å². The molecule has 0 saturated heterocycles. The first kappa shape index (κ1) is 18.3. The van der Waals surface area contributed by atoms with Gasteiger partial charge in [-0.2, -0.15) is 8.78 Å². The highest BCUT2D eigenvalue weighted by atomic mass is 19.3. The van der Waals surface area contributed by atoms with Gasteiger partial charge < -0.3 is 4.74 Å². The molecule has 2 atom stereocenters. The van der Waals surface area contributed by atoms with Crippen molar-refractivity contribution >= 4 is 0 Å². The van der Waals surface area contributed by atoms with E-state index in [4.69, 9.17) is 0 Å². The van der Waals surface area contributed by atoms with Crippen LogP contribution in [0.25, 0.3) is 0 Å². The standard InChI is InChI=1S/C20H24F4O/c1-2-3-12-4-6-13-8-15(9-14(13)7-5-12)16-10-17(21)19(18(22)11-16)25-20(23)24/h2,10-15,20H,1,3-9H2. The Balaban J connectivity index is 1.70. The molecule has 25 heavy (non-hydrogen) atoms. The monoisotopic (exact) mass is 356 g/mol. The molecular weight excluding hydrogens is 332 g/mol.